The maximum absolute atomic E-state index is 12.6. The van der Waals surface area contributed by atoms with Gasteiger partial charge in [0.15, 0.2) is 0 Å². The summed E-state index contributed by atoms with van der Waals surface area (Å²) < 4.78 is -1.66. The number of carbonyl (C=O) groups excluding carboxylic acids is 2. The summed E-state index contributed by atoms with van der Waals surface area (Å²) in [4.78, 5) is 37.9. The van der Waals surface area contributed by atoms with Gasteiger partial charge in [-0.25, -0.2) is 4.79 Å². The van der Waals surface area contributed by atoms with Crippen LogP contribution in [0.2, 0.25) is 0 Å². The predicted molar refractivity (Wildman–Crippen MR) is 101 cm³/mol. The van der Waals surface area contributed by atoms with E-state index in [1.54, 1.807) is 6.92 Å². The summed E-state index contributed by atoms with van der Waals surface area (Å²) in [5.41, 5.74) is 1.86. The number of nitrogens with one attached hydrogen (secondary N) is 1. The number of rotatable bonds is 4. The largest absolute Gasteiger partial charge is 0.480 e. The second-order valence-corrected chi connectivity index (χ2v) is 8.56. The summed E-state index contributed by atoms with van der Waals surface area (Å²) in [7, 11) is 0. The van der Waals surface area contributed by atoms with Crippen molar-refractivity contribution in [2.24, 2.45) is 0 Å². The van der Waals surface area contributed by atoms with Gasteiger partial charge in [-0.05, 0) is 18.1 Å². The number of hydrogen-bond donors (Lipinski definition) is 2. The Morgan fingerprint density at radius 1 is 1.07 bits per heavy atom. The number of carboxylic acid groups (broad SMARTS) is 1. The van der Waals surface area contributed by atoms with E-state index in [1.807, 2.05) is 60.7 Å². The van der Waals surface area contributed by atoms with Crippen LogP contribution in [-0.2, 0) is 14.3 Å². The summed E-state index contributed by atoms with van der Waals surface area (Å²) in [6.07, 6.45) is 0. The molecule has 6 nitrogen and oxygen atoms in total. The second-order valence-electron chi connectivity index (χ2n) is 6.86. The number of nitrogens with zero attached hydrogens (tertiary/aromatic N) is 1. The third-order valence-electron chi connectivity index (χ3n) is 5.23. The highest BCUT2D eigenvalue weighted by atomic mass is 32.2. The minimum absolute atomic E-state index is 0.383. The van der Waals surface area contributed by atoms with Gasteiger partial charge in [-0.15, -0.1) is 11.8 Å². The molecule has 0 radical (unpaired) electrons. The molecule has 2 N–H and O–H groups in total. The molecule has 2 saturated heterocycles. The molecule has 2 atom stereocenters. The van der Waals surface area contributed by atoms with Crippen molar-refractivity contribution in [3.8, 4) is 0 Å². The Morgan fingerprint density at radius 2 is 1.59 bits per heavy atom. The number of fused-ring (bicyclic) bond motifs is 1. The van der Waals surface area contributed by atoms with Crippen LogP contribution in [0.3, 0.4) is 0 Å². The van der Waals surface area contributed by atoms with E-state index >= 15 is 0 Å². The van der Waals surface area contributed by atoms with Crippen LogP contribution in [-0.4, -0.2) is 45.2 Å². The maximum Gasteiger partial charge on any atom is 0.324 e. The lowest BCUT2D eigenvalue weighted by Crippen LogP contribution is -2.79. The highest BCUT2D eigenvalue weighted by Crippen LogP contribution is 2.66. The van der Waals surface area contributed by atoms with Crippen LogP contribution in [0.1, 0.15) is 18.1 Å². The van der Waals surface area contributed by atoms with Crippen molar-refractivity contribution in [3.05, 3.63) is 71.8 Å². The first kappa shape index (κ1) is 17.6. The summed E-state index contributed by atoms with van der Waals surface area (Å²) in [6, 6.07) is 18.0. The molecule has 2 aliphatic heterocycles. The molecule has 2 aliphatic rings. The molecule has 0 aromatic heterocycles. The van der Waals surface area contributed by atoms with Crippen LogP contribution in [0.25, 0.3) is 0 Å². The fourth-order valence-corrected chi connectivity index (χ4v) is 6.18. The highest BCUT2D eigenvalue weighted by Gasteiger charge is 2.71. The Labute approximate surface area is 160 Å². The van der Waals surface area contributed by atoms with E-state index in [0.717, 1.165) is 11.1 Å². The molecule has 2 aromatic rings. The Bertz CT molecular complexity index is 879. The molecule has 138 valence electrons. The lowest BCUT2D eigenvalue weighted by molar-refractivity contribution is -0.140. The molecular weight excluding hydrogens is 364 g/mol. The fourth-order valence-electron chi connectivity index (χ4n) is 4.15. The average Bonchev–Trinajstić information content (AvgIpc) is 2.65. The topological polar surface area (TPSA) is 86.7 Å². The van der Waals surface area contributed by atoms with E-state index in [1.165, 1.54) is 16.7 Å². The van der Waals surface area contributed by atoms with Crippen LogP contribution in [0.15, 0.2) is 60.7 Å². The molecule has 0 saturated carbocycles. The first-order valence-electron chi connectivity index (χ1n) is 8.54. The van der Waals surface area contributed by atoms with Crippen molar-refractivity contribution in [1.82, 2.24) is 10.2 Å². The molecule has 7 heteroatoms. The Balaban J connectivity index is 1.93. The smallest absolute Gasteiger partial charge is 0.324 e. The van der Waals surface area contributed by atoms with E-state index in [4.69, 9.17) is 0 Å². The lowest BCUT2D eigenvalue weighted by Gasteiger charge is -2.64. The molecule has 3 amide bonds. The maximum atomic E-state index is 12.6. The van der Waals surface area contributed by atoms with Crippen LogP contribution >= 0.6 is 11.8 Å². The van der Waals surface area contributed by atoms with Crippen molar-refractivity contribution < 1.29 is 19.5 Å². The van der Waals surface area contributed by atoms with Gasteiger partial charge in [0.1, 0.15) is 11.3 Å². The zero-order valence-electron chi connectivity index (χ0n) is 14.6. The zero-order chi connectivity index (χ0) is 19.2. The number of thioether (sulfide) groups is 1. The van der Waals surface area contributed by atoms with Crippen LogP contribution in [0.4, 0.5) is 4.79 Å². The predicted octanol–water partition coefficient (Wildman–Crippen LogP) is 2.44. The quantitative estimate of drug-likeness (QED) is 0.848. The van der Waals surface area contributed by atoms with Gasteiger partial charge < -0.3 is 10.0 Å². The third-order valence-corrected chi connectivity index (χ3v) is 7.08. The number of urea groups is 1. The molecule has 2 unspecified atom stereocenters. The van der Waals surface area contributed by atoms with Crippen molar-refractivity contribution in [2.45, 2.75) is 22.5 Å². The van der Waals surface area contributed by atoms with Gasteiger partial charge in [0.25, 0.3) is 0 Å². The number of hydrogen-bond acceptors (Lipinski definition) is 4. The molecule has 2 fully saturated rings. The zero-order valence-corrected chi connectivity index (χ0v) is 15.4. The summed E-state index contributed by atoms with van der Waals surface area (Å²) in [5.74, 6) is -1.50. The van der Waals surface area contributed by atoms with Gasteiger partial charge in [-0.1, -0.05) is 60.7 Å². The summed E-state index contributed by atoms with van der Waals surface area (Å²) in [5, 5.41) is 11.7. The van der Waals surface area contributed by atoms with Crippen molar-refractivity contribution in [1.29, 1.82) is 0 Å². The number of carbonyl (C=O) groups is 3. The Morgan fingerprint density at radius 3 is 2.07 bits per heavy atom. The van der Waals surface area contributed by atoms with Gasteiger partial charge in [0.05, 0.1) is 10.8 Å². The third kappa shape index (κ3) is 2.45. The van der Waals surface area contributed by atoms with Crippen molar-refractivity contribution in [2.75, 3.05) is 6.54 Å². The standard InChI is InChI=1S/C20H18N2O4S/c1-19-16(22(12-15(23)24)18(26)21-17(19)25)20(27-19,13-8-4-2-5-9-13)14-10-6-3-7-11-14/h2-11,16H,12H2,1H3,(H,23,24)(H,21,25,26). The fraction of sp³-hybridized carbons (Fsp3) is 0.250. The van der Waals surface area contributed by atoms with E-state index in [2.05, 4.69) is 5.32 Å². The highest BCUT2D eigenvalue weighted by molar-refractivity contribution is 8.04. The number of amides is 3. The average molecular weight is 382 g/mol. The summed E-state index contributed by atoms with van der Waals surface area (Å²) >= 11 is 1.46. The molecule has 2 aromatic carbocycles. The molecule has 2 heterocycles. The van der Waals surface area contributed by atoms with E-state index in [-0.39, 0.29) is 5.91 Å². The van der Waals surface area contributed by atoms with Crippen LogP contribution in [0.5, 0.6) is 0 Å². The first-order chi connectivity index (χ1) is 12.9. The van der Waals surface area contributed by atoms with E-state index < -0.39 is 34.1 Å². The Kier molecular flexibility index (Phi) is 3.99. The lowest BCUT2D eigenvalue weighted by atomic mass is 9.74. The van der Waals surface area contributed by atoms with E-state index in [0.29, 0.717) is 0 Å². The molecule has 0 aliphatic carbocycles. The van der Waals surface area contributed by atoms with Crippen molar-refractivity contribution >= 4 is 29.7 Å². The molecule has 0 bridgehead atoms. The number of benzene rings is 2. The molecule has 4 rings (SSSR count). The normalized spacial score (nSPS) is 26.0. The SMILES string of the molecule is CC12SC(c3ccccc3)(c3ccccc3)C1N(CC(=O)O)C(=O)NC2=O. The minimum atomic E-state index is -1.12. The van der Waals surface area contributed by atoms with Gasteiger partial charge in [0.2, 0.25) is 5.91 Å². The first-order valence-corrected chi connectivity index (χ1v) is 9.36. The number of carboxylic acids is 1. The Hall–Kier alpha value is -2.80. The number of aliphatic carboxylic acids is 1. The summed E-state index contributed by atoms with van der Waals surface area (Å²) in [6.45, 7) is 1.30. The van der Waals surface area contributed by atoms with Gasteiger partial charge in [-0.3, -0.25) is 14.9 Å². The van der Waals surface area contributed by atoms with Gasteiger partial charge in [0, 0.05) is 0 Å². The number of imide groups is 1. The second kappa shape index (κ2) is 6.13. The van der Waals surface area contributed by atoms with Crippen molar-refractivity contribution in [3.63, 3.8) is 0 Å². The van der Waals surface area contributed by atoms with Crippen LogP contribution in [0, 0.1) is 0 Å². The van der Waals surface area contributed by atoms with E-state index in [9.17, 15) is 19.5 Å². The van der Waals surface area contributed by atoms with Gasteiger partial charge in [-0.2, -0.15) is 0 Å². The van der Waals surface area contributed by atoms with Gasteiger partial charge >= 0.3 is 12.0 Å². The molecule has 0 spiro atoms. The van der Waals surface area contributed by atoms with Crippen LogP contribution < -0.4 is 5.32 Å². The molecular formula is C20H18N2O4S. The monoisotopic (exact) mass is 382 g/mol. The minimum Gasteiger partial charge on any atom is -0.480 e. The molecule has 27 heavy (non-hydrogen) atoms.